The van der Waals surface area contributed by atoms with Gasteiger partial charge < -0.3 is 9.80 Å². The van der Waals surface area contributed by atoms with Crippen molar-refractivity contribution >= 4 is 11.8 Å². The van der Waals surface area contributed by atoms with E-state index in [0.717, 1.165) is 41.4 Å². The summed E-state index contributed by atoms with van der Waals surface area (Å²) in [6.45, 7) is 2.20. The Bertz CT molecular complexity index is 1240. The van der Waals surface area contributed by atoms with Crippen molar-refractivity contribution in [3.63, 3.8) is 0 Å². The fourth-order valence-electron chi connectivity index (χ4n) is 4.58. The average molecular weight is 431 g/mol. The Balaban J connectivity index is 1.22. The van der Waals surface area contributed by atoms with Gasteiger partial charge >= 0.3 is 0 Å². The molecule has 1 aliphatic heterocycles. The second kappa shape index (κ2) is 9.43. The number of benzene rings is 1. The quantitative estimate of drug-likeness (QED) is 0.473. The minimum atomic E-state index is 0.757. The Labute approximate surface area is 197 Å². The lowest BCUT2D eigenvalue weighted by molar-refractivity contribution is 0.502. The molecule has 2 heteroatoms. The van der Waals surface area contributed by atoms with Crippen LogP contribution in [0.25, 0.3) is 6.08 Å². The minimum Gasteiger partial charge on any atom is -0.371 e. The van der Waals surface area contributed by atoms with Crippen LogP contribution in [0.4, 0.5) is 5.69 Å². The number of nitrogens with zero attached hydrogens (tertiary/aromatic N) is 2. The van der Waals surface area contributed by atoms with Gasteiger partial charge in [0.1, 0.15) is 0 Å². The molecule has 33 heavy (non-hydrogen) atoms. The molecule has 0 radical (unpaired) electrons. The number of hydrogen-bond acceptors (Lipinski definition) is 2. The number of fused-ring (bicyclic) bond motifs is 1. The van der Waals surface area contributed by atoms with Crippen molar-refractivity contribution in [1.82, 2.24) is 4.90 Å². The first-order valence-corrected chi connectivity index (χ1v) is 11.8. The molecule has 0 bridgehead atoms. The molecule has 1 unspecified atom stereocenters. The fourth-order valence-corrected chi connectivity index (χ4v) is 4.58. The van der Waals surface area contributed by atoms with Crippen LogP contribution in [0.3, 0.4) is 0 Å². The average Bonchev–Trinajstić information content (AvgIpc) is 3.51. The Morgan fingerprint density at radius 3 is 2.30 bits per heavy atom. The molecule has 4 aliphatic rings. The Morgan fingerprint density at radius 2 is 1.58 bits per heavy atom. The smallest absolute Gasteiger partial charge is 0.0800 e. The summed E-state index contributed by atoms with van der Waals surface area (Å²) in [4.78, 5) is 4.57. The Hall–Kier alpha value is -3.70. The topological polar surface area (TPSA) is 6.48 Å². The van der Waals surface area contributed by atoms with Crippen molar-refractivity contribution < 1.29 is 0 Å². The monoisotopic (exact) mass is 430 g/mol. The first-order chi connectivity index (χ1) is 16.1. The highest BCUT2D eigenvalue weighted by atomic mass is 15.1. The van der Waals surface area contributed by atoms with Gasteiger partial charge in [0.05, 0.1) is 5.70 Å². The van der Waals surface area contributed by atoms with Crippen molar-refractivity contribution in [3.8, 4) is 0 Å². The maximum absolute atomic E-state index is 3.45. The van der Waals surface area contributed by atoms with Crippen molar-refractivity contribution in [1.29, 1.82) is 0 Å². The summed E-state index contributed by atoms with van der Waals surface area (Å²) < 4.78 is 0. The third kappa shape index (κ3) is 5.04. The van der Waals surface area contributed by atoms with E-state index in [1.807, 2.05) is 14.1 Å². The molecule has 1 aromatic rings. The number of piperidine rings is 1. The molecular weight excluding hydrogens is 400 g/mol. The molecular formula is C31H30N2. The van der Waals surface area contributed by atoms with Crippen molar-refractivity contribution in [2.75, 3.05) is 32.1 Å². The number of hydrogen-bond donors (Lipinski definition) is 0. The normalized spacial score (nSPS) is 21.3. The van der Waals surface area contributed by atoms with E-state index in [1.165, 1.54) is 24.1 Å². The Kier molecular flexibility index (Phi) is 6.05. The van der Waals surface area contributed by atoms with Gasteiger partial charge in [0.15, 0.2) is 0 Å². The molecule has 1 atom stereocenters. The molecule has 0 spiro atoms. The van der Waals surface area contributed by atoms with Crippen LogP contribution in [-0.2, 0) is 0 Å². The zero-order valence-corrected chi connectivity index (χ0v) is 19.5. The van der Waals surface area contributed by atoms with Gasteiger partial charge in [-0.25, -0.2) is 0 Å². The lowest BCUT2D eigenvalue weighted by Crippen LogP contribution is -2.35. The molecule has 0 aromatic heterocycles. The zero-order chi connectivity index (χ0) is 22.6. The summed E-state index contributed by atoms with van der Waals surface area (Å²) in [5.41, 5.74) is 15.3. The van der Waals surface area contributed by atoms with Crippen molar-refractivity contribution in [2.24, 2.45) is 5.92 Å². The second-order valence-corrected chi connectivity index (χ2v) is 9.13. The second-order valence-electron chi connectivity index (χ2n) is 9.13. The highest BCUT2D eigenvalue weighted by Gasteiger charge is 2.23. The van der Waals surface area contributed by atoms with Crippen LogP contribution in [0, 0.1) is 5.92 Å². The van der Waals surface area contributed by atoms with E-state index in [1.54, 1.807) is 5.57 Å². The zero-order valence-electron chi connectivity index (χ0n) is 19.5. The first kappa shape index (κ1) is 21.2. The van der Waals surface area contributed by atoms with E-state index in [2.05, 4.69) is 112 Å². The predicted octanol–water partition coefficient (Wildman–Crippen LogP) is 6.53. The lowest BCUT2D eigenvalue weighted by Gasteiger charge is -2.36. The lowest BCUT2D eigenvalue weighted by atomic mass is 9.85. The third-order valence-electron chi connectivity index (χ3n) is 6.57. The molecule has 1 fully saturated rings. The number of allylic oxidation sites excluding steroid dienone is 11. The summed E-state index contributed by atoms with van der Waals surface area (Å²) >= 11 is 0. The third-order valence-corrected chi connectivity index (χ3v) is 6.57. The van der Waals surface area contributed by atoms with Crippen LogP contribution in [0.1, 0.15) is 18.4 Å². The first-order valence-electron chi connectivity index (χ1n) is 11.8. The highest BCUT2D eigenvalue weighted by molar-refractivity contribution is 5.61. The molecule has 1 aromatic carbocycles. The van der Waals surface area contributed by atoms with Crippen LogP contribution in [0.2, 0.25) is 0 Å². The number of likely N-dealkylation sites (N-methyl/N-ethyl adjacent to an activating group) is 1. The van der Waals surface area contributed by atoms with E-state index >= 15 is 0 Å². The summed E-state index contributed by atoms with van der Waals surface area (Å²) in [6.07, 6.45) is 26.2. The standard InChI is InChI=1S/C31H30N2/c1-32(2)31-18-15-27(22-31)12-11-26-10-9-25(21-26)8-7-24-13-16-30(17-14-24)33-20-19-28-5-3-4-6-29(28)23-33/h3-4,6-18,28H,5,19-20,23H2,1-2H3. The van der Waals surface area contributed by atoms with Crippen LogP contribution in [0.5, 0.6) is 0 Å². The molecule has 0 amide bonds. The van der Waals surface area contributed by atoms with E-state index in [4.69, 9.17) is 0 Å². The van der Waals surface area contributed by atoms with Crippen LogP contribution < -0.4 is 4.90 Å². The number of anilines is 1. The van der Waals surface area contributed by atoms with E-state index in [9.17, 15) is 0 Å². The predicted molar refractivity (Wildman–Crippen MR) is 140 cm³/mol. The van der Waals surface area contributed by atoms with Gasteiger partial charge in [-0.1, -0.05) is 42.2 Å². The molecule has 1 saturated heterocycles. The molecule has 1 heterocycles. The minimum absolute atomic E-state index is 0.757. The van der Waals surface area contributed by atoms with Gasteiger partial charge in [-0.3, -0.25) is 0 Å². The van der Waals surface area contributed by atoms with Gasteiger partial charge in [0.2, 0.25) is 0 Å². The van der Waals surface area contributed by atoms with Gasteiger partial charge in [0.25, 0.3) is 0 Å². The van der Waals surface area contributed by atoms with Crippen LogP contribution in [0.15, 0.2) is 124 Å². The van der Waals surface area contributed by atoms with Gasteiger partial charge in [-0.05, 0) is 84.6 Å². The summed E-state index contributed by atoms with van der Waals surface area (Å²) in [5, 5.41) is 0. The van der Waals surface area contributed by atoms with Crippen molar-refractivity contribution in [3.05, 3.63) is 130 Å². The van der Waals surface area contributed by atoms with Crippen LogP contribution >= 0.6 is 0 Å². The number of rotatable bonds is 6. The molecule has 164 valence electrons. The van der Waals surface area contributed by atoms with Crippen molar-refractivity contribution in [2.45, 2.75) is 12.8 Å². The molecule has 2 nitrogen and oxygen atoms in total. The fraction of sp³-hybridized carbons (Fsp3) is 0.226. The highest BCUT2D eigenvalue weighted by Crippen LogP contribution is 2.31. The molecule has 0 N–H and O–H groups in total. The Morgan fingerprint density at radius 1 is 0.879 bits per heavy atom. The van der Waals surface area contributed by atoms with Gasteiger partial charge in [0, 0.05) is 49.6 Å². The van der Waals surface area contributed by atoms with Gasteiger partial charge in [-0.2, -0.15) is 0 Å². The molecule has 0 saturated carbocycles. The maximum Gasteiger partial charge on any atom is 0.0800 e. The maximum atomic E-state index is 3.45. The van der Waals surface area contributed by atoms with E-state index < -0.39 is 0 Å². The summed E-state index contributed by atoms with van der Waals surface area (Å²) in [6, 6.07) is 8.93. The summed E-state index contributed by atoms with van der Waals surface area (Å²) in [5.74, 6) is 0.757. The summed E-state index contributed by atoms with van der Waals surface area (Å²) in [7, 11) is 4.07. The van der Waals surface area contributed by atoms with Gasteiger partial charge in [-0.15, -0.1) is 5.73 Å². The largest absolute Gasteiger partial charge is 0.371 e. The molecule has 3 aliphatic carbocycles. The van der Waals surface area contributed by atoms with E-state index in [-0.39, 0.29) is 0 Å². The van der Waals surface area contributed by atoms with E-state index in [0.29, 0.717) is 0 Å². The SMILES string of the molecule is CN(C)C1=C=C(C=CC2=C=C(C=Cc3ccc(N4CCC5CC=CC=C5C4)cc3)C=C2)C=C1. The van der Waals surface area contributed by atoms with Crippen LogP contribution in [-0.4, -0.2) is 32.1 Å². The molecule has 5 rings (SSSR count).